The number of rotatable bonds is 12. The van der Waals surface area contributed by atoms with E-state index in [2.05, 4.69) is 5.32 Å². The van der Waals surface area contributed by atoms with Gasteiger partial charge in [0.2, 0.25) is 11.8 Å². The molecule has 1 unspecified atom stereocenters. The number of anilines is 1. The van der Waals surface area contributed by atoms with Gasteiger partial charge in [0.25, 0.3) is 10.0 Å². The van der Waals surface area contributed by atoms with Gasteiger partial charge in [-0.2, -0.15) is 0 Å². The molecule has 208 valence electrons. The minimum absolute atomic E-state index is 0.000838. The zero-order chi connectivity index (χ0) is 28.6. The minimum atomic E-state index is -4.25. The maximum absolute atomic E-state index is 13.9. The number of hydrogen-bond acceptors (Lipinski definition) is 6. The molecular weight excluding hydrogens is 542 g/mol. The second-order valence-electron chi connectivity index (χ2n) is 8.54. The molecule has 9 nitrogen and oxygen atoms in total. The lowest BCUT2D eigenvalue weighted by Gasteiger charge is -2.32. The number of para-hydroxylation sites is 2. The van der Waals surface area contributed by atoms with Crippen molar-refractivity contribution in [3.05, 3.63) is 83.4 Å². The van der Waals surface area contributed by atoms with E-state index >= 15 is 0 Å². The van der Waals surface area contributed by atoms with Crippen molar-refractivity contribution in [3.63, 3.8) is 0 Å². The average molecular weight is 574 g/mol. The van der Waals surface area contributed by atoms with Gasteiger partial charge in [0.1, 0.15) is 24.1 Å². The Morgan fingerprint density at radius 1 is 0.949 bits per heavy atom. The molecule has 3 aromatic carbocycles. The smallest absolute Gasteiger partial charge is 0.264 e. The molecule has 3 rings (SSSR count). The van der Waals surface area contributed by atoms with Gasteiger partial charge in [0.15, 0.2) is 0 Å². The number of nitrogens with zero attached hydrogens (tertiary/aromatic N) is 2. The van der Waals surface area contributed by atoms with Crippen molar-refractivity contribution in [3.8, 4) is 11.5 Å². The quantitative estimate of drug-likeness (QED) is 0.350. The predicted molar refractivity (Wildman–Crippen MR) is 151 cm³/mol. The number of methoxy groups -OCH3 is 2. The Balaban J connectivity index is 2.08. The first-order chi connectivity index (χ1) is 18.6. The van der Waals surface area contributed by atoms with Crippen LogP contribution in [0, 0.1) is 0 Å². The molecule has 0 aliphatic carbocycles. The average Bonchev–Trinajstić information content (AvgIpc) is 2.95. The first-order valence-electron chi connectivity index (χ1n) is 12.2. The van der Waals surface area contributed by atoms with Crippen molar-refractivity contribution in [2.24, 2.45) is 0 Å². The lowest BCUT2D eigenvalue weighted by Crippen LogP contribution is -2.51. The summed E-state index contributed by atoms with van der Waals surface area (Å²) in [4.78, 5) is 28.0. The standard InChI is InChI=1S/C28H32ClN3O6S/c1-5-30-28(34)20(2)31(18-21-10-6-7-11-24(21)29)27(33)19-32(25-12-8-9-13-26(25)38-4)39(35,36)23-16-14-22(37-3)15-17-23/h6-17,20H,5,18-19H2,1-4H3,(H,30,34). The molecule has 0 spiro atoms. The van der Waals surface area contributed by atoms with Crippen molar-refractivity contribution in [2.45, 2.75) is 31.3 Å². The van der Waals surface area contributed by atoms with Crippen molar-refractivity contribution in [2.75, 3.05) is 31.6 Å². The number of ether oxygens (including phenoxy) is 2. The number of benzene rings is 3. The summed E-state index contributed by atoms with van der Waals surface area (Å²) in [5.41, 5.74) is 0.790. The van der Waals surface area contributed by atoms with Gasteiger partial charge in [-0.25, -0.2) is 8.42 Å². The molecule has 0 aliphatic rings. The van der Waals surface area contributed by atoms with Crippen LogP contribution in [-0.2, 0) is 26.2 Å². The monoisotopic (exact) mass is 573 g/mol. The first kappa shape index (κ1) is 29.8. The summed E-state index contributed by atoms with van der Waals surface area (Å²) in [7, 11) is -1.36. The van der Waals surface area contributed by atoms with Crippen LogP contribution < -0.4 is 19.1 Å². The fraction of sp³-hybridized carbons (Fsp3) is 0.286. The van der Waals surface area contributed by atoms with Crippen molar-refractivity contribution < 1.29 is 27.5 Å². The molecular formula is C28H32ClN3O6S. The van der Waals surface area contributed by atoms with E-state index in [0.29, 0.717) is 22.9 Å². The van der Waals surface area contributed by atoms with Crippen molar-refractivity contribution >= 4 is 39.1 Å². The van der Waals surface area contributed by atoms with Crippen LogP contribution in [0.2, 0.25) is 5.02 Å². The van der Waals surface area contributed by atoms with Crippen LogP contribution in [0.3, 0.4) is 0 Å². The van der Waals surface area contributed by atoms with Gasteiger partial charge in [0, 0.05) is 18.1 Å². The van der Waals surface area contributed by atoms with Crippen molar-refractivity contribution in [1.82, 2.24) is 10.2 Å². The van der Waals surface area contributed by atoms with Crippen molar-refractivity contribution in [1.29, 1.82) is 0 Å². The second-order valence-corrected chi connectivity index (χ2v) is 10.8. The topological polar surface area (TPSA) is 105 Å². The number of sulfonamides is 1. The third kappa shape index (κ3) is 7.01. The van der Waals surface area contributed by atoms with Gasteiger partial charge in [-0.3, -0.25) is 13.9 Å². The molecule has 0 aromatic heterocycles. The molecule has 0 saturated carbocycles. The Bertz CT molecular complexity index is 1400. The van der Waals surface area contributed by atoms with Gasteiger partial charge in [0.05, 0.1) is 24.8 Å². The summed E-state index contributed by atoms with van der Waals surface area (Å²) in [6, 6.07) is 18.4. The third-order valence-electron chi connectivity index (χ3n) is 6.10. The van der Waals surface area contributed by atoms with E-state index in [0.717, 1.165) is 4.31 Å². The van der Waals surface area contributed by atoms with E-state index in [1.807, 2.05) is 0 Å². The van der Waals surface area contributed by atoms with E-state index in [4.69, 9.17) is 21.1 Å². The molecule has 0 saturated heterocycles. The summed E-state index contributed by atoms with van der Waals surface area (Å²) < 4.78 is 39.4. The molecule has 3 aromatic rings. The van der Waals surface area contributed by atoms with Crippen LogP contribution in [0.1, 0.15) is 19.4 Å². The summed E-state index contributed by atoms with van der Waals surface area (Å²) in [6.07, 6.45) is 0. The number of halogens is 1. The summed E-state index contributed by atoms with van der Waals surface area (Å²) in [6.45, 7) is 3.14. The van der Waals surface area contributed by atoms with E-state index in [1.54, 1.807) is 62.4 Å². The molecule has 1 N–H and O–H groups in total. The molecule has 39 heavy (non-hydrogen) atoms. The molecule has 0 bridgehead atoms. The number of hydrogen-bond donors (Lipinski definition) is 1. The lowest BCUT2D eigenvalue weighted by molar-refractivity contribution is -0.139. The van der Waals surface area contributed by atoms with Crippen LogP contribution in [0.25, 0.3) is 0 Å². The van der Waals surface area contributed by atoms with Gasteiger partial charge >= 0.3 is 0 Å². The first-order valence-corrected chi connectivity index (χ1v) is 14.1. The highest BCUT2D eigenvalue weighted by Gasteiger charge is 2.33. The van der Waals surface area contributed by atoms with E-state index in [1.165, 1.54) is 43.4 Å². The summed E-state index contributed by atoms with van der Waals surface area (Å²) in [5.74, 6) is -0.233. The number of nitrogens with one attached hydrogen (secondary N) is 1. The van der Waals surface area contributed by atoms with Gasteiger partial charge in [-0.15, -0.1) is 0 Å². The van der Waals surface area contributed by atoms with Crippen LogP contribution in [-0.4, -0.2) is 58.5 Å². The molecule has 0 fully saturated rings. The van der Waals surface area contributed by atoms with Gasteiger partial charge in [-0.1, -0.05) is 41.9 Å². The highest BCUT2D eigenvalue weighted by atomic mass is 35.5. The summed E-state index contributed by atoms with van der Waals surface area (Å²) >= 11 is 6.37. The molecule has 1 atom stereocenters. The molecule has 0 heterocycles. The third-order valence-corrected chi connectivity index (χ3v) is 8.24. The van der Waals surface area contributed by atoms with Gasteiger partial charge < -0.3 is 19.7 Å². The van der Waals surface area contributed by atoms with E-state index in [-0.39, 0.29) is 28.8 Å². The number of carbonyl (C=O) groups excluding carboxylic acids is 2. The Kier molecular flexibility index (Phi) is 10.2. The number of likely N-dealkylation sites (N-methyl/N-ethyl adjacent to an activating group) is 1. The SMILES string of the molecule is CCNC(=O)C(C)N(Cc1ccccc1Cl)C(=O)CN(c1ccccc1OC)S(=O)(=O)c1ccc(OC)cc1. The molecule has 0 radical (unpaired) electrons. The fourth-order valence-electron chi connectivity index (χ4n) is 3.94. The van der Waals surface area contributed by atoms with Gasteiger partial charge in [-0.05, 0) is 61.9 Å². The van der Waals surface area contributed by atoms with E-state index < -0.39 is 28.5 Å². The normalized spacial score (nSPS) is 11.8. The van der Waals surface area contributed by atoms with E-state index in [9.17, 15) is 18.0 Å². The highest BCUT2D eigenvalue weighted by molar-refractivity contribution is 7.92. The fourth-order valence-corrected chi connectivity index (χ4v) is 5.56. The van der Waals surface area contributed by atoms with Crippen LogP contribution in [0.15, 0.2) is 77.7 Å². The molecule has 11 heteroatoms. The highest BCUT2D eigenvalue weighted by Crippen LogP contribution is 2.33. The lowest BCUT2D eigenvalue weighted by atomic mass is 10.1. The Morgan fingerprint density at radius 3 is 2.21 bits per heavy atom. The number of amides is 2. The van der Waals surface area contributed by atoms with Crippen LogP contribution >= 0.6 is 11.6 Å². The second kappa shape index (κ2) is 13.3. The zero-order valence-electron chi connectivity index (χ0n) is 22.3. The predicted octanol–water partition coefficient (Wildman–Crippen LogP) is 4.11. The minimum Gasteiger partial charge on any atom is -0.497 e. The Morgan fingerprint density at radius 2 is 1.59 bits per heavy atom. The Hall–Kier alpha value is -3.76. The molecule has 2 amide bonds. The largest absolute Gasteiger partial charge is 0.497 e. The van der Waals surface area contributed by atoms with Crippen LogP contribution in [0.5, 0.6) is 11.5 Å². The molecule has 0 aliphatic heterocycles. The maximum atomic E-state index is 13.9. The zero-order valence-corrected chi connectivity index (χ0v) is 23.8. The summed E-state index contributed by atoms with van der Waals surface area (Å²) in [5, 5.41) is 3.14. The Labute approximate surface area is 234 Å². The number of carbonyl (C=O) groups is 2. The van der Waals surface area contributed by atoms with Crippen LogP contribution in [0.4, 0.5) is 5.69 Å². The maximum Gasteiger partial charge on any atom is 0.264 e.